The topological polar surface area (TPSA) is 107 Å². The molecule has 0 bridgehead atoms. The van der Waals surface area contributed by atoms with E-state index < -0.39 is 10.5 Å². The number of nitrogens with zero attached hydrogens (tertiary/aromatic N) is 2. The lowest BCUT2D eigenvalue weighted by Crippen LogP contribution is -2.41. The lowest BCUT2D eigenvalue weighted by Gasteiger charge is -2.37. The smallest absolute Gasteiger partial charge is 0.270 e. The van der Waals surface area contributed by atoms with Crippen molar-refractivity contribution in [2.45, 2.75) is 19.4 Å². The molecule has 0 amide bonds. The summed E-state index contributed by atoms with van der Waals surface area (Å²) in [5.41, 5.74) is 0.718. The van der Waals surface area contributed by atoms with Crippen molar-refractivity contribution in [3.05, 3.63) is 74.2 Å². The van der Waals surface area contributed by atoms with Crippen molar-refractivity contribution in [2.75, 3.05) is 19.7 Å². The van der Waals surface area contributed by atoms with Gasteiger partial charge in [-0.3, -0.25) is 19.5 Å². The number of halogens is 1. The van der Waals surface area contributed by atoms with E-state index in [0.717, 1.165) is 5.57 Å². The number of hydrogen-bond donors (Lipinski definition) is 2. The van der Waals surface area contributed by atoms with Gasteiger partial charge in [0, 0.05) is 48.6 Å². The Morgan fingerprint density at radius 3 is 2.68 bits per heavy atom. The number of fused-ring (bicyclic) bond motifs is 1. The second kappa shape index (κ2) is 8.55. The molecule has 0 atom stereocenters. The van der Waals surface area contributed by atoms with Crippen LogP contribution in [0.15, 0.2) is 53.0 Å². The molecule has 0 unspecified atom stereocenters. The number of benzene rings is 1. The summed E-state index contributed by atoms with van der Waals surface area (Å²) in [5, 5.41) is 23.4. The van der Waals surface area contributed by atoms with E-state index in [1.807, 2.05) is 13.8 Å². The predicted molar refractivity (Wildman–Crippen MR) is 108 cm³/mol. The molecular weight excluding hydrogens is 386 g/mol. The van der Waals surface area contributed by atoms with Crippen LogP contribution in [0.5, 0.6) is 5.75 Å². The first-order valence-electron chi connectivity index (χ1n) is 8.56. The Morgan fingerprint density at radius 2 is 2.04 bits per heavy atom. The Balaban J connectivity index is 0.00000280. The maximum atomic E-state index is 12.5. The van der Waals surface area contributed by atoms with Crippen LogP contribution in [0.25, 0.3) is 5.70 Å². The minimum atomic E-state index is -0.754. The van der Waals surface area contributed by atoms with Gasteiger partial charge in [-0.15, -0.1) is 12.4 Å². The molecule has 0 aliphatic carbocycles. The van der Waals surface area contributed by atoms with E-state index in [-0.39, 0.29) is 30.3 Å². The van der Waals surface area contributed by atoms with Gasteiger partial charge in [-0.2, -0.15) is 0 Å². The van der Waals surface area contributed by atoms with Crippen LogP contribution in [-0.2, 0) is 0 Å². The van der Waals surface area contributed by atoms with E-state index in [4.69, 9.17) is 9.84 Å². The highest BCUT2D eigenvalue weighted by molar-refractivity contribution is 5.85. The van der Waals surface area contributed by atoms with Crippen LogP contribution in [0, 0.1) is 10.1 Å². The van der Waals surface area contributed by atoms with Crippen molar-refractivity contribution in [1.29, 1.82) is 0 Å². The Bertz CT molecular complexity index is 968. The van der Waals surface area contributed by atoms with E-state index >= 15 is 0 Å². The maximum absolute atomic E-state index is 12.5. The van der Waals surface area contributed by atoms with Crippen LogP contribution >= 0.6 is 12.4 Å². The number of rotatable bonds is 6. The highest BCUT2D eigenvalue weighted by Crippen LogP contribution is 2.42. The monoisotopic (exact) mass is 407 g/mol. The third-order valence-electron chi connectivity index (χ3n) is 4.46. The highest BCUT2D eigenvalue weighted by Gasteiger charge is 2.36. The van der Waals surface area contributed by atoms with Gasteiger partial charge in [-0.25, -0.2) is 0 Å². The van der Waals surface area contributed by atoms with E-state index in [1.54, 1.807) is 24.4 Å². The molecule has 28 heavy (non-hydrogen) atoms. The average Bonchev–Trinajstić information content (AvgIpc) is 2.62. The molecular formula is C19H22ClN3O5. The number of nitro groups is 1. The lowest BCUT2D eigenvalue weighted by molar-refractivity contribution is -0.384. The third-order valence-corrected chi connectivity index (χ3v) is 4.46. The van der Waals surface area contributed by atoms with Crippen molar-refractivity contribution in [3.63, 3.8) is 0 Å². The number of aliphatic hydroxyl groups excluding tert-OH is 1. The first kappa shape index (κ1) is 21.6. The van der Waals surface area contributed by atoms with E-state index in [9.17, 15) is 14.9 Å². The Kier molecular flexibility index (Phi) is 6.60. The first-order chi connectivity index (χ1) is 12.8. The summed E-state index contributed by atoms with van der Waals surface area (Å²) in [5.74, 6) is 0.474. The molecule has 0 saturated heterocycles. The minimum Gasteiger partial charge on any atom is -0.483 e. The maximum Gasteiger partial charge on any atom is 0.270 e. The van der Waals surface area contributed by atoms with Gasteiger partial charge in [0.2, 0.25) is 0 Å². The number of pyridine rings is 1. The molecule has 0 radical (unpaired) electrons. The fourth-order valence-corrected chi connectivity index (χ4v) is 3.17. The van der Waals surface area contributed by atoms with Crippen molar-refractivity contribution in [2.24, 2.45) is 0 Å². The number of nitrogens with one attached hydrogen (secondary N) is 1. The van der Waals surface area contributed by atoms with Gasteiger partial charge in [0.1, 0.15) is 11.4 Å². The molecule has 2 heterocycles. The average molecular weight is 408 g/mol. The first-order valence-corrected chi connectivity index (χ1v) is 8.56. The van der Waals surface area contributed by atoms with Crippen molar-refractivity contribution < 1.29 is 14.8 Å². The number of hydrogen-bond acceptors (Lipinski definition) is 6. The quantitative estimate of drug-likeness (QED) is 0.432. The standard InChI is InChI=1S/C19H21N3O5.ClH/c1-19(2)15(12-20-8-10-23)18(21-9-4-3-5-17(21)24)14-11-13(22(25)26)6-7-16(14)27-19;/h3-7,9,11,20,23H,8,10,12H2,1-2H3;1H. The number of aliphatic hydroxyl groups is 1. The van der Waals surface area contributed by atoms with Gasteiger partial charge in [0.15, 0.2) is 0 Å². The second-order valence-electron chi connectivity index (χ2n) is 6.69. The van der Waals surface area contributed by atoms with Crippen molar-refractivity contribution >= 4 is 23.8 Å². The summed E-state index contributed by atoms with van der Waals surface area (Å²) in [4.78, 5) is 23.3. The van der Waals surface area contributed by atoms with Gasteiger partial charge in [-0.05, 0) is 26.0 Å². The molecule has 1 aliphatic heterocycles. The number of nitro benzene ring substituents is 1. The molecule has 1 aliphatic rings. The molecule has 1 aromatic carbocycles. The summed E-state index contributed by atoms with van der Waals surface area (Å²) in [6, 6.07) is 9.17. The number of ether oxygens (including phenoxy) is 1. The molecule has 0 saturated carbocycles. The summed E-state index contributed by atoms with van der Waals surface area (Å²) in [7, 11) is 0. The molecule has 2 N–H and O–H groups in total. The summed E-state index contributed by atoms with van der Waals surface area (Å²) in [6.45, 7) is 4.45. The molecule has 8 nitrogen and oxygen atoms in total. The molecule has 0 fully saturated rings. The lowest BCUT2D eigenvalue weighted by atomic mass is 9.89. The van der Waals surface area contributed by atoms with Crippen LogP contribution in [0.2, 0.25) is 0 Å². The van der Waals surface area contributed by atoms with Crippen molar-refractivity contribution in [1.82, 2.24) is 9.88 Å². The predicted octanol–water partition coefficient (Wildman–Crippen LogP) is 2.19. The van der Waals surface area contributed by atoms with Crippen LogP contribution in [0.4, 0.5) is 5.69 Å². The summed E-state index contributed by atoms with van der Waals surface area (Å²) in [6.07, 6.45) is 1.63. The zero-order valence-electron chi connectivity index (χ0n) is 15.5. The summed E-state index contributed by atoms with van der Waals surface area (Å²) < 4.78 is 7.57. The van der Waals surface area contributed by atoms with Crippen LogP contribution in [0.3, 0.4) is 0 Å². The van der Waals surface area contributed by atoms with Crippen LogP contribution in [-0.4, -0.2) is 39.9 Å². The highest BCUT2D eigenvalue weighted by atomic mass is 35.5. The molecule has 2 aromatic rings. The van der Waals surface area contributed by atoms with Crippen LogP contribution < -0.4 is 15.6 Å². The van der Waals surface area contributed by atoms with Crippen LogP contribution in [0.1, 0.15) is 19.4 Å². The Hall–Kier alpha value is -2.68. The molecule has 3 rings (SSSR count). The Morgan fingerprint density at radius 1 is 1.29 bits per heavy atom. The Labute approximate surface area is 168 Å². The van der Waals surface area contributed by atoms with Gasteiger partial charge < -0.3 is 15.2 Å². The minimum absolute atomic E-state index is 0. The van der Waals surface area contributed by atoms with E-state index in [1.165, 1.54) is 22.8 Å². The zero-order valence-corrected chi connectivity index (χ0v) is 16.4. The van der Waals surface area contributed by atoms with E-state index in [0.29, 0.717) is 30.1 Å². The second-order valence-corrected chi connectivity index (χ2v) is 6.69. The van der Waals surface area contributed by atoms with Crippen molar-refractivity contribution in [3.8, 4) is 5.75 Å². The normalized spacial score (nSPS) is 14.7. The fraction of sp³-hybridized carbons (Fsp3) is 0.316. The molecule has 150 valence electrons. The SMILES string of the molecule is CC1(C)Oc2ccc([N+](=O)[O-])cc2C(n2ccccc2=O)=C1CNCCO.Cl. The van der Waals surface area contributed by atoms with Gasteiger partial charge in [-0.1, -0.05) is 6.07 Å². The fourth-order valence-electron chi connectivity index (χ4n) is 3.17. The van der Waals surface area contributed by atoms with E-state index in [2.05, 4.69) is 5.32 Å². The molecule has 0 spiro atoms. The summed E-state index contributed by atoms with van der Waals surface area (Å²) >= 11 is 0. The zero-order chi connectivity index (χ0) is 19.6. The third kappa shape index (κ3) is 4.09. The number of non-ortho nitro benzene ring substituents is 1. The van der Waals surface area contributed by atoms with Gasteiger partial charge >= 0.3 is 0 Å². The molecule has 9 heteroatoms. The van der Waals surface area contributed by atoms with Gasteiger partial charge in [0.25, 0.3) is 11.2 Å². The molecule has 1 aromatic heterocycles. The number of aromatic nitrogens is 1. The largest absolute Gasteiger partial charge is 0.483 e. The van der Waals surface area contributed by atoms with Gasteiger partial charge in [0.05, 0.1) is 17.2 Å².